The molecule has 0 atom stereocenters. The van der Waals surface area contributed by atoms with Crippen LogP contribution in [0, 0.1) is 0 Å². The highest BCUT2D eigenvalue weighted by molar-refractivity contribution is 6.07. The molecule has 33 heavy (non-hydrogen) atoms. The van der Waals surface area contributed by atoms with Gasteiger partial charge >= 0.3 is 5.97 Å². The van der Waals surface area contributed by atoms with Crippen molar-refractivity contribution in [1.82, 2.24) is 0 Å². The fourth-order valence-corrected chi connectivity index (χ4v) is 3.15. The number of furan rings is 1. The van der Waals surface area contributed by atoms with Gasteiger partial charge in [-0.3, -0.25) is 4.79 Å². The van der Waals surface area contributed by atoms with Gasteiger partial charge in [-0.05, 0) is 61.0 Å². The van der Waals surface area contributed by atoms with Crippen molar-refractivity contribution in [3.05, 3.63) is 77.3 Å². The molecular weight excluding hydrogens is 428 g/mol. The largest absolute Gasteiger partial charge is 0.490 e. The summed E-state index contributed by atoms with van der Waals surface area (Å²) < 4.78 is 32.1. The van der Waals surface area contributed by atoms with Crippen molar-refractivity contribution < 1.29 is 37.7 Å². The first-order valence-electron chi connectivity index (χ1n) is 10.3. The number of ether oxygens (including phenoxy) is 5. The Morgan fingerprint density at radius 2 is 1.82 bits per heavy atom. The molecule has 4 rings (SSSR count). The van der Waals surface area contributed by atoms with Gasteiger partial charge in [0.15, 0.2) is 28.8 Å². The Morgan fingerprint density at radius 1 is 0.970 bits per heavy atom. The van der Waals surface area contributed by atoms with Crippen LogP contribution in [-0.2, 0) is 11.3 Å². The molecule has 2 heterocycles. The average molecular weight is 450 g/mol. The third-order valence-electron chi connectivity index (χ3n) is 4.77. The van der Waals surface area contributed by atoms with Gasteiger partial charge in [-0.15, -0.1) is 0 Å². The van der Waals surface area contributed by atoms with Crippen molar-refractivity contribution in [2.75, 3.05) is 20.5 Å². The zero-order valence-corrected chi connectivity index (χ0v) is 18.2. The summed E-state index contributed by atoms with van der Waals surface area (Å²) in [6.45, 7) is 2.57. The summed E-state index contributed by atoms with van der Waals surface area (Å²) in [4.78, 5) is 24.1. The second-order valence-electron chi connectivity index (χ2n) is 6.95. The summed E-state index contributed by atoms with van der Waals surface area (Å²) in [5.41, 5.74) is 1.27. The average Bonchev–Trinajstić information content (AvgIpc) is 3.50. The molecule has 0 saturated carbocycles. The van der Waals surface area contributed by atoms with Gasteiger partial charge in [0.2, 0.25) is 12.6 Å². The minimum Gasteiger partial charge on any atom is -0.490 e. The van der Waals surface area contributed by atoms with Crippen LogP contribution in [0.1, 0.15) is 39.2 Å². The van der Waals surface area contributed by atoms with Gasteiger partial charge in [0.05, 0.1) is 13.7 Å². The van der Waals surface area contributed by atoms with E-state index in [0.717, 1.165) is 5.56 Å². The van der Waals surface area contributed by atoms with E-state index in [1.807, 2.05) is 13.0 Å². The maximum absolute atomic E-state index is 12.5. The van der Waals surface area contributed by atoms with Crippen LogP contribution in [0.15, 0.2) is 59.0 Å². The lowest BCUT2D eigenvalue weighted by Gasteiger charge is -2.12. The number of carbonyl (C=O) groups excluding carboxylic acids is 2. The van der Waals surface area contributed by atoms with E-state index in [1.54, 1.807) is 42.5 Å². The van der Waals surface area contributed by atoms with E-state index in [2.05, 4.69) is 4.74 Å². The number of benzene rings is 2. The lowest BCUT2D eigenvalue weighted by Crippen LogP contribution is -2.00. The molecule has 8 heteroatoms. The Morgan fingerprint density at radius 3 is 2.64 bits per heavy atom. The lowest BCUT2D eigenvalue weighted by atomic mass is 10.1. The van der Waals surface area contributed by atoms with Crippen LogP contribution in [0.5, 0.6) is 23.0 Å². The maximum Gasteiger partial charge on any atom is 0.373 e. The number of hydrogen-bond donors (Lipinski definition) is 0. The predicted octanol–water partition coefficient (Wildman–Crippen LogP) is 4.67. The van der Waals surface area contributed by atoms with Crippen LogP contribution in [0.4, 0.5) is 0 Å². The first kappa shape index (κ1) is 22.0. The summed E-state index contributed by atoms with van der Waals surface area (Å²) >= 11 is 0. The molecule has 0 unspecified atom stereocenters. The van der Waals surface area contributed by atoms with Crippen molar-refractivity contribution >= 4 is 17.8 Å². The fraction of sp³-hybridized carbons (Fsp3) is 0.200. The molecule has 0 N–H and O–H groups in total. The van der Waals surface area contributed by atoms with Crippen molar-refractivity contribution in [3.63, 3.8) is 0 Å². The molecule has 0 radical (unpaired) electrons. The molecular formula is C25H22O8. The smallest absolute Gasteiger partial charge is 0.373 e. The zero-order valence-electron chi connectivity index (χ0n) is 18.2. The number of allylic oxidation sites excluding steroid dienone is 1. The number of carbonyl (C=O) groups is 2. The van der Waals surface area contributed by atoms with Gasteiger partial charge in [0.1, 0.15) is 12.4 Å². The topological polar surface area (TPSA) is 93.4 Å². The highest BCUT2D eigenvalue weighted by Crippen LogP contribution is 2.33. The van der Waals surface area contributed by atoms with E-state index in [9.17, 15) is 9.59 Å². The Balaban J connectivity index is 1.44. The molecule has 0 spiro atoms. The quantitative estimate of drug-likeness (QED) is 0.264. The van der Waals surface area contributed by atoms with Gasteiger partial charge in [-0.1, -0.05) is 12.1 Å². The molecule has 0 bridgehead atoms. The van der Waals surface area contributed by atoms with Crippen LogP contribution in [0.3, 0.4) is 0 Å². The van der Waals surface area contributed by atoms with Crippen molar-refractivity contribution in [2.24, 2.45) is 0 Å². The molecule has 1 aromatic heterocycles. The molecule has 1 aliphatic rings. The minimum absolute atomic E-state index is 0.105. The van der Waals surface area contributed by atoms with Crippen LogP contribution < -0.4 is 18.9 Å². The maximum atomic E-state index is 12.5. The van der Waals surface area contributed by atoms with E-state index in [4.69, 9.17) is 23.4 Å². The van der Waals surface area contributed by atoms with E-state index in [1.165, 1.54) is 19.3 Å². The molecule has 170 valence electrons. The molecule has 8 nitrogen and oxygen atoms in total. The normalized spacial score (nSPS) is 12.1. The van der Waals surface area contributed by atoms with E-state index in [-0.39, 0.29) is 24.9 Å². The Kier molecular flexibility index (Phi) is 6.64. The van der Waals surface area contributed by atoms with E-state index < -0.39 is 5.97 Å². The number of hydrogen-bond acceptors (Lipinski definition) is 8. The second kappa shape index (κ2) is 9.95. The molecule has 2 aromatic carbocycles. The summed E-state index contributed by atoms with van der Waals surface area (Å²) in [7, 11) is 1.29. The number of methoxy groups -OCH3 is 1. The lowest BCUT2D eigenvalue weighted by molar-refractivity contribution is 0.0560. The van der Waals surface area contributed by atoms with E-state index >= 15 is 0 Å². The number of esters is 1. The van der Waals surface area contributed by atoms with Gasteiger partial charge < -0.3 is 28.1 Å². The third-order valence-corrected chi connectivity index (χ3v) is 4.77. The molecule has 1 aliphatic heterocycles. The van der Waals surface area contributed by atoms with Crippen molar-refractivity contribution in [3.8, 4) is 23.0 Å². The monoisotopic (exact) mass is 450 g/mol. The number of rotatable bonds is 9. The summed E-state index contributed by atoms with van der Waals surface area (Å²) in [5.74, 6) is 2.08. The highest BCUT2D eigenvalue weighted by Gasteiger charge is 2.15. The Labute approximate surface area is 190 Å². The van der Waals surface area contributed by atoms with Gasteiger partial charge in [0.25, 0.3) is 0 Å². The molecule has 3 aromatic rings. The molecule has 0 amide bonds. The van der Waals surface area contributed by atoms with Crippen molar-refractivity contribution in [1.29, 1.82) is 0 Å². The van der Waals surface area contributed by atoms with E-state index in [0.29, 0.717) is 40.9 Å². The van der Waals surface area contributed by atoms with Crippen LogP contribution in [0.25, 0.3) is 6.08 Å². The SMILES string of the molecule is CCOc1cc(/C=C/C(=O)c2ccc3c(c2)OCO3)ccc1OCc1ccc(C(=O)OC)o1. The minimum atomic E-state index is -0.553. The third kappa shape index (κ3) is 5.17. The Bertz CT molecular complexity index is 1190. The van der Waals surface area contributed by atoms with Crippen molar-refractivity contribution in [2.45, 2.75) is 13.5 Å². The molecule has 0 aliphatic carbocycles. The first-order chi connectivity index (χ1) is 16.1. The predicted molar refractivity (Wildman–Crippen MR) is 118 cm³/mol. The fourth-order valence-electron chi connectivity index (χ4n) is 3.15. The molecule has 0 fully saturated rings. The highest BCUT2D eigenvalue weighted by atomic mass is 16.7. The number of fused-ring (bicyclic) bond motifs is 1. The summed E-state index contributed by atoms with van der Waals surface area (Å²) in [6, 6.07) is 13.6. The van der Waals surface area contributed by atoms with Gasteiger partial charge in [-0.2, -0.15) is 0 Å². The summed E-state index contributed by atoms with van der Waals surface area (Å²) in [6.07, 6.45) is 3.19. The zero-order chi connectivity index (χ0) is 23.2. The Hall–Kier alpha value is -4.20. The van der Waals surface area contributed by atoms with Crippen LogP contribution >= 0.6 is 0 Å². The van der Waals surface area contributed by atoms with Gasteiger partial charge in [0, 0.05) is 5.56 Å². The summed E-state index contributed by atoms with van der Waals surface area (Å²) in [5, 5.41) is 0. The van der Waals surface area contributed by atoms with Gasteiger partial charge in [-0.25, -0.2) is 4.79 Å². The van der Waals surface area contributed by atoms with Crippen LogP contribution in [-0.4, -0.2) is 32.3 Å². The number of ketones is 1. The second-order valence-corrected chi connectivity index (χ2v) is 6.95. The molecule has 0 saturated heterocycles. The van der Waals surface area contributed by atoms with Crippen LogP contribution in [0.2, 0.25) is 0 Å². The standard InChI is InChI=1S/C25H22O8/c1-3-29-23-12-16(4-8-19(26)17-6-10-21-24(13-17)32-15-31-21)5-9-20(23)30-14-18-7-11-22(33-18)25(27)28-2/h4-13H,3,14-15H2,1-2H3/b8-4+. The first-order valence-corrected chi connectivity index (χ1v) is 10.3.